The molecule has 3 rings (SSSR count). The van der Waals surface area contributed by atoms with E-state index in [1.54, 1.807) is 0 Å². The molecule has 0 saturated carbocycles. The van der Waals surface area contributed by atoms with Crippen molar-refractivity contribution in [1.29, 1.82) is 0 Å². The second kappa shape index (κ2) is 9.19. The molecule has 4 N–H and O–H groups in total. The van der Waals surface area contributed by atoms with Crippen molar-refractivity contribution in [1.82, 2.24) is 4.98 Å². The van der Waals surface area contributed by atoms with Crippen LogP contribution in [0.3, 0.4) is 0 Å². The van der Waals surface area contributed by atoms with E-state index in [1.807, 2.05) is 24.3 Å². The molecule has 3 aromatic rings. The number of ether oxygens (including phenoxy) is 2. The molecule has 5 heteroatoms. The first kappa shape index (κ1) is 22.3. The number of hydrogen-bond acceptors (Lipinski definition) is 5. The summed E-state index contributed by atoms with van der Waals surface area (Å²) in [5, 5.41) is 2.15. The first-order valence-corrected chi connectivity index (χ1v) is 11.1. The minimum Gasteiger partial charge on any atom is -0.486 e. The Hall–Kier alpha value is -2.37. The summed E-state index contributed by atoms with van der Waals surface area (Å²) in [5.41, 5.74) is 13.1. The molecular formula is C25H35N3O2. The van der Waals surface area contributed by atoms with E-state index in [2.05, 4.69) is 45.9 Å². The Balaban J connectivity index is 1.98. The van der Waals surface area contributed by atoms with Crippen molar-refractivity contribution in [3.8, 4) is 11.5 Å². The number of nitrogens with zero attached hydrogens (tertiary/aromatic N) is 1. The number of rotatable bonds is 10. The fraction of sp³-hybridized carbons (Fsp3) is 0.480. The predicted molar refractivity (Wildman–Crippen MR) is 125 cm³/mol. The van der Waals surface area contributed by atoms with Crippen molar-refractivity contribution < 1.29 is 9.47 Å². The molecule has 0 atom stereocenters. The summed E-state index contributed by atoms with van der Waals surface area (Å²) in [7, 11) is 0. The standard InChI is InChI=1S/C25H35N3O2/c1-5-24(6-2,16-26)29-20-11-9-18-13-19-10-12-21(15-23(19)28-22(18)14-20)30-25(7-3,8-4)17-27/h9-15H,5-8,16-17,26-27H2,1-4H3. The maximum Gasteiger partial charge on any atom is 0.122 e. The highest BCUT2D eigenvalue weighted by atomic mass is 16.5. The number of aromatic nitrogens is 1. The van der Waals surface area contributed by atoms with Gasteiger partial charge in [0, 0.05) is 36.0 Å². The Morgan fingerprint density at radius 2 is 1.07 bits per heavy atom. The van der Waals surface area contributed by atoms with Crippen molar-refractivity contribution in [2.45, 2.75) is 64.6 Å². The first-order valence-electron chi connectivity index (χ1n) is 11.1. The molecule has 0 aliphatic rings. The third-order valence-electron chi connectivity index (χ3n) is 6.55. The topological polar surface area (TPSA) is 83.4 Å². The average molecular weight is 410 g/mol. The van der Waals surface area contributed by atoms with E-state index in [9.17, 15) is 0 Å². The fourth-order valence-corrected chi connectivity index (χ4v) is 3.86. The van der Waals surface area contributed by atoms with Gasteiger partial charge in [-0.2, -0.15) is 0 Å². The van der Waals surface area contributed by atoms with Crippen LogP contribution in [0.2, 0.25) is 0 Å². The Bertz CT molecular complexity index is 901. The molecule has 0 amide bonds. The number of benzene rings is 2. The maximum absolute atomic E-state index is 6.30. The summed E-state index contributed by atoms with van der Waals surface area (Å²) >= 11 is 0. The Morgan fingerprint density at radius 3 is 1.40 bits per heavy atom. The molecule has 0 unspecified atom stereocenters. The van der Waals surface area contributed by atoms with Crippen LogP contribution < -0.4 is 20.9 Å². The zero-order chi connectivity index (χ0) is 21.8. The van der Waals surface area contributed by atoms with Crippen molar-refractivity contribution in [2.75, 3.05) is 13.1 Å². The summed E-state index contributed by atoms with van der Waals surface area (Å²) in [6, 6.07) is 14.3. The number of hydrogen-bond donors (Lipinski definition) is 2. The van der Waals surface area contributed by atoms with Crippen molar-refractivity contribution in [3.63, 3.8) is 0 Å². The predicted octanol–water partition coefficient (Wildman–Crippen LogP) is 5.18. The Morgan fingerprint density at radius 1 is 0.667 bits per heavy atom. The summed E-state index contributed by atoms with van der Waals surface area (Å²) in [6.45, 7) is 9.41. The minimum atomic E-state index is -0.336. The zero-order valence-electron chi connectivity index (χ0n) is 18.7. The van der Waals surface area contributed by atoms with Gasteiger partial charge in [-0.15, -0.1) is 0 Å². The first-order chi connectivity index (χ1) is 14.5. The van der Waals surface area contributed by atoms with Gasteiger partial charge in [0.25, 0.3) is 0 Å². The van der Waals surface area contributed by atoms with Gasteiger partial charge in [-0.1, -0.05) is 27.7 Å². The van der Waals surface area contributed by atoms with Gasteiger partial charge in [-0.25, -0.2) is 4.98 Å². The van der Waals surface area contributed by atoms with Crippen LogP contribution in [-0.4, -0.2) is 29.3 Å². The molecule has 1 heterocycles. The lowest BCUT2D eigenvalue weighted by molar-refractivity contribution is 0.0692. The number of nitrogens with two attached hydrogens (primary N) is 2. The number of pyridine rings is 1. The quantitative estimate of drug-likeness (QED) is 0.451. The van der Waals surface area contributed by atoms with Gasteiger partial charge >= 0.3 is 0 Å². The van der Waals surface area contributed by atoms with Crippen LogP contribution in [0.25, 0.3) is 21.8 Å². The highest BCUT2D eigenvalue weighted by Gasteiger charge is 2.27. The van der Waals surface area contributed by atoms with E-state index < -0.39 is 0 Å². The Labute approximate surface area is 179 Å². The van der Waals surface area contributed by atoms with Crippen molar-refractivity contribution in [2.24, 2.45) is 11.5 Å². The highest BCUT2D eigenvalue weighted by Crippen LogP contribution is 2.31. The summed E-state index contributed by atoms with van der Waals surface area (Å²) in [5.74, 6) is 1.60. The fourth-order valence-electron chi connectivity index (χ4n) is 3.86. The number of fused-ring (bicyclic) bond motifs is 2. The van der Waals surface area contributed by atoms with Gasteiger partial charge in [0.05, 0.1) is 11.0 Å². The lowest BCUT2D eigenvalue weighted by Crippen LogP contribution is -2.42. The van der Waals surface area contributed by atoms with Crippen LogP contribution in [-0.2, 0) is 0 Å². The third-order valence-corrected chi connectivity index (χ3v) is 6.55. The van der Waals surface area contributed by atoms with Crippen LogP contribution in [0.15, 0.2) is 42.5 Å². The molecule has 0 aliphatic carbocycles. The molecule has 162 valence electrons. The second-order valence-electron chi connectivity index (χ2n) is 8.09. The average Bonchev–Trinajstić information content (AvgIpc) is 2.79. The normalized spacial score (nSPS) is 12.5. The van der Waals surface area contributed by atoms with Gasteiger partial charge in [0.15, 0.2) is 0 Å². The van der Waals surface area contributed by atoms with Crippen LogP contribution >= 0.6 is 0 Å². The Kier molecular flexibility index (Phi) is 6.84. The molecule has 0 fully saturated rings. The molecule has 0 spiro atoms. The van der Waals surface area contributed by atoms with E-state index in [0.717, 1.165) is 59.0 Å². The minimum absolute atomic E-state index is 0.336. The molecule has 0 aliphatic heterocycles. The molecule has 2 aromatic carbocycles. The third kappa shape index (κ3) is 4.37. The smallest absolute Gasteiger partial charge is 0.122 e. The van der Waals surface area contributed by atoms with Gasteiger partial charge < -0.3 is 20.9 Å². The van der Waals surface area contributed by atoms with Gasteiger partial charge in [0.2, 0.25) is 0 Å². The van der Waals surface area contributed by atoms with Crippen LogP contribution in [0.5, 0.6) is 11.5 Å². The van der Waals surface area contributed by atoms with E-state index in [0.29, 0.717) is 13.1 Å². The lowest BCUT2D eigenvalue weighted by Gasteiger charge is -2.31. The summed E-state index contributed by atoms with van der Waals surface area (Å²) < 4.78 is 12.6. The van der Waals surface area contributed by atoms with Crippen LogP contribution in [0.4, 0.5) is 0 Å². The molecule has 0 radical (unpaired) electrons. The van der Waals surface area contributed by atoms with Crippen LogP contribution in [0, 0.1) is 0 Å². The second-order valence-corrected chi connectivity index (χ2v) is 8.09. The maximum atomic E-state index is 6.30. The van der Waals surface area contributed by atoms with Gasteiger partial charge in [0.1, 0.15) is 22.7 Å². The van der Waals surface area contributed by atoms with E-state index in [4.69, 9.17) is 25.9 Å². The molecule has 30 heavy (non-hydrogen) atoms. The molecule has 0 saturated heterocycles. The van der Waals surface area contributed by atoms with E-state index in [-0.39, 0.29) is 11.2 Å². The molecule has 1 aromatic heterocycles. The lowest BCUT2D eigenvalue weighted by atomic mass is 9.97. The van der Waals surface area contributed by atoms with Gasteiger partial charge in [-0.3, -0.25) is 0 Å². The molecule has 0 bridgehead atoms. The van der Waals surface area contributed by atoms with Crippen LogP contribution in [0.1, 0.15) is 53.4 Å². The SMILES string of the molecule is CCC(CC)(CN)Oc1ccc2cc3ccc(OC(CC)(CC)CN)cc3nc2c1. The van der Waals surface area contributed by atoms with E-state index >= 15 is 0 Å². The molecule has 5 nitrogen and oxygen atoms in total. The zero-order valence-corrected chi connectivity index (χ0v) is 18.7. The monoisotopic (exact) mass is 409 g/mol. The highest BCUT2D eigenvalue weighted by molar-refractivity contribution is 5.93. The van der Waals surface area contributed by atoms with Crippen molar-refractivity contribution in [3.05, 3.63) is 42.5 Å². The summed E-state index contributed by atoms with van der Waals surface area (Å²) in [4.78, 5) is 4.89. The largest absolute Gasteiger partial charge is 0.486 e. The van der Waals surface area contributed by atoms with Gasteiger partial charge in [-0.05, 0) is 56.0 Å². The van der Waals surface area contributed by atoms with Crippen molar-refractivity contribution >= 4 is 21.8 Å². The summed E-state index contributed by atoms with van der Waals surface area (Å²) in [6.07, 6.45) is 3.45. The van der Waals surface area contributed by atoms with E-state index in [1.165, 1.54) is 0 Å². The molecular weight excluding hydrogens is 374 g/mol.